The van der Waals surface area contributed by atoms with Crippen LogP contribution in [-0.4, -0.2) is 29.6 Å². The summed E-state index contributed by atoms with van der Waals surface area (Å²) in [6, 6.07) is 2.27. The van der Waals surface area contributed by atoms with E-state index in [2.05, 4.69) is 11.8 Å². The summed E-state index contributed by atoms with van der Waals surface area (Å²) in [6.07, 6.45) is 14.2. The Balaban J connectivity index is 1.99. The lowest BCUT2D eigenvalue weighted by molar-refractivity contribution is 0.0378. The second kappa shape index (κ2) is 6.75. The maximum absolute atomic E-state index is 5.99. The molecule has 2 heteroatoms. The Morgan fingerprint density at radius 1 is 0.882 bits per heavy atom. The monoisotopic (exact) mass is 238 g/mol. The van der Waals surface area contributed by atoms with Gasteiger partial charge in [0.2, 0.25) is 0 Å². The van der Waals surface area contributed by atoms with E-state index in [1.165, 1.54) is 64.2 Å². The SMILES string of the molecule is CC1CCCC(CN)N1C1CCCCCCC1. The molecular formula is C15H30N2. The lowest BCUT2D eigenvalue weighted by Crippen LogP contribution is -2.53. The van der Waals surface area contributed by atoms with Crippen LogP contribution in [0.15, 0.2) is 0 Å². The lowest BCUT2D eigenvalue weighted by atomic mass is 9.89. The summed E-state index contributed by atoms with van der Waals surface area (Å²) in [6.45, 7) is 3.28. The molecule has 0 amide bonds. The second-order valence-electron chi connectivity index (χ2n) is 6.12. The minimum absolute atomic E-state index is 0.670. The molecule has 0 aromatic heterocycles. The maximum atomic E-state index is 5.99. The minimum atomic E-state index is 0.670. The number of nitrogens with two attached hydrogens (primary N) is 1. The van der Waals surface area contributed by atoms with Gasteiger partial charge in [-0.2, -0.15) is 0 Å². The van der Waals surface area contributed by atoms with Crippen LogP contribution in [0.25, 0.3) is 0 Å². The number of nitrogens with zero attached hydrogens (tertiary/aromatic N) is 1. The zero-order chi connectivity index (χ0) is 12.1. The van der Waals surface area contributed by atoms with Gasteiger partial charge in [-0.25, -0.2) is 0 Å². The molecule has 1 aliphatic carbocycles. The molecule has 2 atom stereocenters. The van der Waals surface area contributed by atoms with Crippen LogP contribution in [0.2, 0.25) is 0 Å². The van der Waals surface area contributed by atoms with Gasteiger partial charge in [0.15, 0.2) is 0 Å². The number of hydrogen-bond donors (Lipinski definition) is 1. The number of piperidine rings is 1. The van der Waals surface area contributed by atoms with Gasteiger partial charge < -0.3 is 5.73 Å². The smallest absolute Gasteiger partial charge is 0.0224 e. The summed E-state index contributed by atoms with van der Waals surface area (Å²) in [7, 11) is 0. The first kappa shape index (κ1) is 13.4. The van der Waals surface area contributed by atoms with Crippen LogP contribution in [0, 0.1) is 0 Å². The van der Waals surface area contributed by atoms with E-state index in [0.29, 0.717) is 6.04 Å². The lowest BCUT2D eigenvalue weighted by Gasteiger charge is -2.46. The molecule has 2 nitrogen and oxygen atoms in total. The van der Waals surface area contributed by atoms with Gasteiger partial charge in [-0.3, -0.25) is 4.90 Å². The molecule has 1 aliphatic heterocycles. The molecule has 2 unspecified atom stereocenters. The summed E-state index contributed by atoms with van der Waals surface area (Å²) in [4.78, 5) is 2.80. The molecule has 0 aromatic rings. The van der Waals surface area contributed by atoms with E-state index in [9.17, 15) is 0 Å². The summed E-state index contributed by atoms with van der Waals surface area (Å²) in [5.74, 6) is 0. The second-order valence-corrected chi connectivity index (χ2v) is 6.12. The predicted molar refractivity (Wildman–Crippen MR) is 74.1 cm³/mol. The van der Waals surface area contributed by atoms with Gasteiger partial charge >= 0.3 is 0 Å². The van der Waals surface area contributed by atoms with Gasteiger partial charge in [-0.05, 0) is 32.6 Å². The molecule has 2 fully saturated rings. The highest BCUT2D eigenvalue weighted by Crippen LogP contribution is 2.30. The number of hydrogen-bond acceptors (Lipinski definition) is 2. The quantitative estimate of drug-likeness (QED) is 0.800. The van der Waals surface area contributed by atoms with Crippen molar-refractivity contribution in [2.24, 2.45) is 5.73 Å². The van der Waals surface area contributed by atoms with Crippen molar-refractivity contribution in [2.45, 2.75) is 89.3 Å². The molecule has 1 heterocycles. The largest absolute Gasteiger partial charge is 0.329 e. The van der Waals surface area contributed by atoms with E-state index in [0.717, 1.165) is 18.6 Å². The Kier molecular flexibility index (Phi) is 5.30. The summed E-state index contributed by atoms with van der Waals surface area (Å²) >= 11 is 0. The van der Waals surface area contributed by atoms with Crippen molar-refractivity contribution in [2.75, 3.05) is 6.54 Å². The fraction of sp³-hybridized carbons (Fsp3) is 1.00. The molecule has 0 radical (unpaired) electrons. The zero-order valence-electron chi connectivity index (χ0n) is 11.5. The molecule has 2 aliphatic rings. The number of rotatable bonds is 2. The average molecular weight is 238 g/mol. The van der Waals surface area contributed by atoms with Crippen LogP contribution in [0.4, 0.5) is 0 Å². The van der Waals surface area contributed by atoms with Crippen molar-refractivity contribution in [3.8, 4) is 0 Å². The van der Waals surface area contributed by atoms with Gasteiger partial charge in [0.25, 0.3) is 0 Å². The molecule has 17 heavy (non-hydrogen) atoms. The first-order chi connectivity index (χ1) is 8.33. The Hall–Kier alpha value is -0.0800. The normalized spacial score (nSPS) is 34.2. The van der Waals surface area contributed by atoms with E-state index in [1.807, 2.05) is 0 Å². The number of likely N-dealkylation sites (tertiary alicyclic amines) is 1. The molecule has 0 aromatic carbocycles. The van der Waals surface area contributed by atoms with Crippen LogP contribution in [0.5, 0.6) is 0 Å². The van der Waals surface area contributed by atoms with E-state index in [4.69, 9.17) is 5.73 Å². The van der Waals surface area contributed by atoms with E-state index in [-0.39, 0.29) is 0 Å². The minimum Gasteiger partial charge on any atom is -0.329 e. The molecule has 1 saturated carbocycles. The Morgan fingerprint density at radius 3 is 2.18 bits per heavy atom. The summed E-state index contributed by atoms with van der Waals surface area (Å²) < 4.78 is 0. The van der Waals surface area contributed by atoms with Crippen molar-refractivity contribution >= 4 is 0 Å². The average Bonchev–Trinajstić information content (AvgIpc) is 2.29. The maximum Gasteiger partial charge on any atom is 0.0224 e. The van der Waals surface area contributed by atoms with Crippen LogP contribution >= 0.6 is 0 Å². The van der Waals surface area contributed by atoms with Gasteiger partial charge in [0, 0.05) is 24.7 Å². The molecule has 0 bridgehead atoms. The van der Waals surface area contributed by atoms with Crippen molar-refractivity contribution in [1.29, 1.82) is 0 Å². The van der Waals surface area contributed by atoms with E-state index >= 15 is 0 Å². The van der Waals surface area contributed by atoms with Gasteiger partial charge in [-0.1, -0.05) is 38.5 Å². The molecular weight excluding hydrogens is 208 g/mol. The van der Waals surface area contributed by atoms with Crippen LogP contribution in [0.1, 0.15) is 71.1 Å². The molecule has 2 rings (SSSR count). The van der Waals surface area contributed by atoms with Crippen molar-refractivity contribution in [3.63, 3.8) is 0 Å². The fourth-order valence-corrected chi connectivity index (χ4v) is 3.94. The summed E-state index contributed by atoms with van der Waals surface area (Å²) in [5, 5.41) is 0. The Labute approximate surface area is 107 Å². The summed E-state index contributed by atoms with van der Waals surface area (Å²) in [5.41, 5.74) is 5.99. The molecule has 1 saturated heterocycles. The third-order valence-corrected chi connectivity index (χ3v) is 4.86. The van der Waals surface area contributed by atoms with Crippen LogP contribution in [0.3, 0.4) is 0 Å². The topological polar surface area (TPSA) is 29.3 Å². The van der Waals surface area contributed by atoms with E-state index in [1.54, 1.807) is 0 Å². The Morgan fingerprint density at radius 2 is 1.53 bits per heavy atom. The first-order valence-corrected chi connectivity index (χ1v) is 7.80. The van der Waals surface area contributed by atoms with E-state index < -0.39 is 0 Å². The van der Waals surface area contributed by atoms with Crippen molar-refractivity contribution < 1.29 is 0 Å². The zero-order valence-corrected chi connectivity index (χ0v) is 11.5. The van der Waals surface area contributed by atoms with Gasteiger partial charge in [0.05, 0.1) is 0 Å². The third-order valence-electron chi connectivity index (χ3n) is 4.86. The molecule has 100 valence electrons. The highest BCUT2D eigenvalue weighted by Gasteiger charge is 2.32. The third kappa shape index (κ3) is 3.45. The highest BCUT2D eigenvalue weighted by molar-refractivity contribution is 4.88. The van der Waals surface area contributed by atoms with Gasteiger partial charge in [0.1, 0.15) is 0 Å². The first-order valence-electron chi connectivity index (χ1n) is 7.80. The fourth-order valence-electron chi connectivity index (χ4n) is 3.94. The standard InChI is InChI=1S/C15H30N2/c1-13-8-7-11-15(12-16)17(13)14-9-5-3-2-4-6-10-14/h13-15H,2-12,16H2,1H3. The molecule has 0 spiro atoms. The van der Waals surface area contributed by atoms with Crippen LogP contribution < -0.4 is 5.73 Å². The van der Waals surface area contributed by atoms with Crippen molar-refractivity contribution in [3.05, 3.63) is 0 Å². The Bertz CT molecular complexity index is 209. The van der Waals surface area contributed by atoms with Crippen molar-refractivity contribution in [1.82, 2.24) is 4.90 Å². The predicted octanol–water partition coefficient (Wildman–Crippen LogP) is 3.30. The van der Waals surface area contributed by atoms with Crippen LogP contribution in [-0.2, 0) is 0 Å². The molecule has 2 N–H and O–H groups in total. The van der Waals surface area contributed by atoms with Gasteiger partial charge in [-0.15, -0.1) is 0 Å². The highest BCUT2D eigenvalue weighted by atomic mass is 15.2.